The van der Waals surface area contributed by atoms with Gasteiger partial charge in [-0.1, -0.05) is 26.0 Å². The van der Waals surface area contributed by atoms with Crippen LogP contribution in [0.15, 0.2) is 23.8 Å². The van der Waals surface area contributed by atoms with Gasteiger partial charge in [-0.3, -0.25) is 9.59 Å². The number of Topliss-reactive ketones (excluding diaryl/α,β-unsaturated/α-hetero) is 2. The first-order valence-corrected chi connectivity index (χ1v) is 9.62. The maximum atomic E-state index is 13.0. The molecular formula is C21H28O5. The number of fused-ring (bicyclic) bond motifs is 5. The molecule has 3 N–H and O–H groups in total. The molecule has 0 aromatic heterocycles. The lowest BCUT2D eigenvalue weighted by molar-refractivity contribution is -0.169. The van der Waals surface area contributed by atoms with Gasteiger partial charge >= 0.3 is 0 Å². The Balaban J connectivity index is 1.80. The van der Waals surface area contributed by atoms with Crippen LogP contribution in [0.25, 0.3) is 0 Å². The first-order chi connectivity index (χ1) is 12.1. The van der Waals surface area contributed by atoms with Gasteiger partial charge in [0.25, 0.3) is 0 Å². The number of rotatable bonds is 1. The highest BCUT2D eigenvalue weighted by atomic mass is 16.3. The Kier molecular flexibility index (Phi) is 3.73. The molecule has 0 saturated heterocycles. The molecule has 4 aliphatic rings. The summed E-state index contributed by atoms with van der Waals surface area (Å²) in [6.07, 6.45) is 5.70. The summed E-state index contributed by atoms with van der Waals surface area (Å²) in [5, 5.41) is 32.0. The van der Waals surface area contributed by atoms with Crippen LogP contribution >= 0.6 is 0 Å². The molecule has 0 amide bonds. The number of allylic oxidation sites excluding steroid dienone is 1. The van der Waals surface area contributed by atoms with Gasteiger partial charge in [-0.05, 0) is 56.4 Å². The van der Waals surface area contributed by atoms with Gasteiger partial charge in [-0.2, -0.15) is 0 Å². The molecule has 0 aliphatic heterocycles. The van der Waals surface area contributed by atoms with Crippen LogP contribution in [0.2, 0.25) is 0 Å². The van der Waals surface area contributed by atoms with Crippen LogP contribution in [0.4, 0.5) is 0 Å². The Morgan fingerprint density at radius 3 is 2.46 bits per heavy atom. The van der Waals surface area contributed by atoms with Crippen molar-refractivity contribution in [1.29, 1.82) is 0 Å². The van der Waals surface area contributed by atoms with E-state index in [1.165, 1.54) is 6.92 Å². The van der Waals surface area contributed by atoms with Crippen LogP contribution < -0.4 is 0 Å². The van der Waals surface area contributed by atoms with Crippen molar-refractivity contribution in [2.75, 3.05) is 0 Å². The first kappa shape index (κ1) is 18.1. The average Bonchev–Trinajstić information content (AvgIpc) is 2.87. The first-order valence-electron chi connectivity index (χ1n) is 9.62. The fourth-order valence-electron chi connectivity index (χ4n) is 6.73. The van der Waals surface area contributed by atoms with Gasteiger partial charge in [0.05, 0.1) is 6.10 Å². The molecule has 0 heterocycles. The minimum Gasteiger partial charge on any atom is -0.385 e. The quantitative estimate of drug-likeness (QED) is 0.617. The van der Waals surface area contributed by atoms with E-state index in [0.29, 0.717) is 24.8 Å². The maximum absolute atomic E-state index is 13.0. The summed E-state index contributed by atoms with van der Waals surface area (Å²) >= 11 is 0. The van der Waals surface area contributed by atoms with Gasteiger partial charge in [-0.15, -0.1) is 0 Å². The fraction of sp³-hybridized carbons (Fsp3) is 0.714. The molecule has 4 rings (SSSR count). The van der Waals surface area contributed by atoms with E-state index in [9.17, 15) is 24.9 Å². The Morgan fingerprint density at radius 2 is 1.81 bits per heavy atom. The Bertz CT molecular complexity index is 739. The van der Waals surface area contributed by atoms with Crippen molar-refractivity contribution in [2.45, 2.75) is 64.3 Å². The number of aliphatic hydroxyl groups is 3. The summed E-state index contributed by atoms with van der Waals surface area (Å²) in [4.78, 5) is 25.2. The molecule has 5 nitrogen and oxygen atoms in total. The maximum Gasteiger partial charge on any atom is 0.188 e. The zero-order chi connectivity index (χ0) is 19.1. The van der Waals surface area contributed by atoms with Crippen molar-refractivity contribution in [1.82, 2.24) is 0 Å². The van der Waals surface area contributed by atoms with Crippen LogP contribution in [-0.2, 0) is 9.59 Å². The topological polar surface area (TPSA) is 94.8 Å². The molecule has 4 aliphatic carbocycles. The fourth-order valence-corrected chi connectivity index (χ4v) is 6.73. The highest BCUT2D eigenvalue weighted by Crippen LogP contribution is 2.66. The molecule has 0 radical (unpaired) electrons. The smallest absolute Gasteiger partial charge is 0.188 e. The van der Waals surface area contributed by atoms with Crippen molar-refractivity contribution in [2.24, 2.45) is 28.6 Å². The monoisotopic (exact) mass is 360 g/mol. The van der Waals surface area contributed by atoms with Crippen molar-refractivity contribution >= 4 is 11.6 Å². The van der Waals surface area contributed by atoms with Gasteiger partial charge in [0.1, 0.15) is 11.7 Å². The van der Waals surface area contributed by atoms with Crippen molar-refractivity contribution in [3.8, 4) is 0 Å². The van der Waals surface area contributed by atoms with Gasteiger partial charge < -0.3 is 15.3 Å². The second-order valence-corrected chi connectivity index (χ2v) is 9.22. The third kappa shape index (κ3) is 1.97. The largest absolute Gasteiger partial charge is 0.385 e. The average molecular weight is 360 g/mol. The third-order valence-corrected chi connectivity index (χ3v) is 8.29. The zero-order valence-corrected chi connectivity index (χ0v) is 15.6. The Hall–Kier alpha value is -1.30. The summed E-state index contributed by atoms with van der Waals surface area (Å²) in [6.45, 7) is 5.40. The van der Waals surface area contributed by atoms with E-state index in [-0.39, 0.29) is 29.3 Å². The lowest BCUT2D eigenvalue weighted by Gasteiger charge is -2.58. The number of aliphatic hydroxyl groups excluding tert-OH is 2. The van der Waals surface area contributed by atoms with Crippen LogP contribution in [0.3, 0.4) is 0 Å². The Labute approximate surface area is 153 Å². The molecule has 0 unspecified atom stereocenters. The van der Waals surface area contributed by atoms with E-state index >= 15 is 0 Å². The Morgan fingerprint density at radius 1 is 1.15 bits per heavy atom. The van der Waals surface area contributed by atoms with Crippen LogP contribution in [0.1, 0.15) is 46.5 Å². The third-order valence-electron chi connectivity index (χ3n) is 8.29. The van der Waals surface area contributed by atoms with Crippen LogP contribution in [0.5, 0.6) is 0 Å². The minimum absolute atomic E-state index is 0.0533. The zero-order valence-electron chi connectivity index (χ0n) is 15.6. The summed E-state index contributed by atoms with van der Waals surface area (Å²) < 4.78 is 0. The second-order valence-electron chi connectivity index (χ2n) is 9.22. The van der Waals surface area contributed by atoms with Crippen LogP contribution in [-0.4, -0.2) is 44.7 Å². The summed E-state index contributed by atoms with van der Waals surface area (Å²) in [6, 6.07) is 0. The van der Waals surface area contributed by atoms with Gasteiger partial charge in [0.15, 0.2) is 11.6 Å². The lowest BCUT2D eigenvalue weighted by atomic mass is 9.46. The highest BCUT2D eigenvalue weighted by Gasteiger charge is 2.68. The van der Waals surface area contributed by atoms with E-state index in [0.717, 1.165) is 6.42 Å². The molecule has 142 valence electrons. The molecule has 3 saturated carbocycles. The van der Waals surface area contributed by atoms with Gasteiger partial charge in [-0.25, -0.2) is 0 Å². The number of hydrogen-bond acceptors (Lipinski definition) is 5. The van der Waals surface area contributed by atoms with Crippen molar-refractivity contribution in [3.05, 3.63) is 23.8 Å². The second kappa shape index (κ2) is 5.37. The predicted octanol–water partition coefficient (Wildman–Crippen LogP) is 1.56. The van der Waals surface area contributed by atoms with Crippen LogP contribution in [0, 0.1) is 28.6 Å². The van der Waals surface area contributed by atoms with E-state index in [1.54, 1.807) is 12.2 Å². The number of ketones is 2. The molecule has 26 heavy (non-hydrogen) atoms. The molecular weight excluding hydrogens is 332 g/mol. The standard InChI is InChI=1S/C21H28O5/c1-11(22)21(26)9-6-14-16-13(5-8-20(14,21)3)19(2)7-4-12(23)10-15(19)17(24)18(16)25/h4,7,10,12-14,16,18,23,25-26H,5-6,8-9H2,1-3H3/t12-,13-,14-,16+,18+,19+,20-,21-/m0/s1. The predicted molar refractivity (Wildman–Crippen MR) is 95.0 cm³/mol. The molecule has 0 bridgehead atoms. The van der Waals surface area contributed by atoms with E-state index in [2.05, 4.69) is 0 Å². The SMILES string of the molecule is CC(=O)[C@@]1(O)CC[C@H]2[C@@H]3[C@@H](O)C(=O)C4=C[C@@H](O)C=C[C@]4(C)[C@H]3CC[C@@]21C. The molecule has 3 fully saturated rings. The van der Waals surface area contributed by atoms with E-state index in [1.807, 2.05) is 19.9 Å². The number of hydrogen-bond donors (Lipinski definition) is 3. The van der Waals surface area contributed by atoms with E-state index in [4.69, 9.17) is 0 Å². The molecule has 8 atom stereocenters. The van der Waals surface area contributed by atoms with Crippen molar-refractivity contribution < 1.29 is 24.9 Å². The highest BCUT2D eigenvalue weighted by molar-refractivity contribution is 6.02. The van der Waals surface area contributed by atoms with E-state index < -0.39 is 28.6 Å². The summed E-state index contributed by atoms with van der Waals surface area (Å²) in [5.41, 5.74) is -2.00. The minimum atomic E-state index is -1.37. The number of carbonyl (C=O) groups is 2. The van der Waals surface area contributed by atoms with Gasteiger partial charge in [0, 0.05) is 16.4 Å². The molecule has 0 spiro atoms. The molecule has 0 aromatic rings. The molecule has 0 aromatic carbocycles. The summed E-state index contributed by atoms with van der Waals surface area (Å²) in [5.74, 6) is -0.841. The lowest BCUT2D eigenvalue weighted by Crippen LogP contribution is -2.61. The normalized spacial score (nSPS) is 52.8. The summed E-state index contributed by atoms with van der Waals surface area (Å²) in [7, 11) is 0. The van der Waals surface area contributed by atoms with Gasteiger partial charge in [0.2, 0.25) is 0 Å². The molecule has 5 heteroatoms. The van der Waals surface area contributed by atoms with Crippen molar-refractivity contribution in [3.63, 3.8) is 0 Å². The number of carbonyl (C=O) groups excluding carboxylic acids is 2.